The number of rotatable bonds is 12. The first kappa shape index (κ1) is 22.7. The highest BCUT2D eigenvalue weighted by atomic mass is 31.2. The molecule has 0 aromatic heterocycles. The van der Waals surface area contributed by atoms with E-state index in [-0.39, 0.29) is 19.0 Å². The molecule has 0 aliphatic carbocycles. The summed E-state index contributed by atoms with van der Waals surface area (Å²) in [4.78, 5) is 0. The van der Waals surface area contributed by atoms with Gasteiger partial charge in [-0.15, -0.1) is 0 Å². The minimum Gasteiger partial charge on any atom is -0.507 e. The third-order valence-electron chi connectivity index (χ3n) is 4.60. The minimum atomic E-state index is -3.73. The second-order valence-corrected chi connectivity index (χ2v) is 8.44. The van der Waals surface area contributed by atoms with E-state index in [0.717, 1.165) is 48.6 Å². The number of phosphoric ester groups is 1. The van der Waals surface area contributed by atoms with Crippen molar-refractivity contribution in [2.45, 2.75) is 66.2 Å². The fraction of sp³-hybridized carbons (Fsp3) is 0.545. The Balaban J connectivity index is 2.57. The Bertz CT molecular complexity index is 808. The van der Waals surface area contributed by atoms with Crippen molar-refractivity contribution in [1.29, 1.82) is 0 Å². The Labute approximate surface area is 168 Å². The largest absolute Gasteiger partial charge is 0.530 e. The number of phenolic OH excluding ortho intramolecular Hbond substituents is 1. The lowest BCUT2D eigenvalue weighted by Gasteiger charge is -2.21. The Hall–Kier alpha value is -1.55. The number of hydrogen-bond donors (Lipinski definition) is 1. The fourth-order valence-electron chi connectivity index (χ4n) is 3.20. The molecule has 0 bridgehead atoms. The second-order valence-electron chi connectivity index (χ2n) is 6.85. The summed E-state index contributed by atoms with van der Waals surface area (Å²) in [5.41, 5.74) is 1.97. The zero-order valence-electron chi connectivity index (χ0n) is 17.5. The number of unbranched alkanes of at least 4 members (excludes halogenated alkanes) is 2. The summed E-state index contributed by atoms with van der Waals surface area (Å²) in [6.07, 6.45) is 5.81. The lowest BCUT2D eigenvalue weighted by molar-refractivity contribution is 0.167. The van der Waals surface area contributed by atoms with E-state index in [0.29, 0.717) is 17.6 Å². The van der Waals surface area contributed by atoms with Gasteiger partial charge in [-0.05, 0) is 62.8 Å². The molecule has 2 aromatic carbocycles. The second kappa shape index (κ2) is 10.8. The van der Waals surface area contributed by atoms with Crippen molar-refractivity contribution in [2.24, 2.45) is 0 Å². The molecule has 0 radical (unpaired) electrons. The highest BCUT2D eigenvalue weighted by Gasteiger charge is 2.30. The van der Waals surface area contributed by atoms with Crippen LogP contribution < -0.4 is 4.52 Å². The molecule has 6 heteroatoms. The summed E-state index contributed by atoms with van der Waals surface area (Å²) in [7, 11) is -3.73. The third-order valence-corrected chi connectivity index (χ3v) is 6.16. The standard InChI is InChI=1S/C22H33O5P/c1-5-9-11-17-13-14-19-20(15-17)21(23)16-18(12-10-6-2)22(19)27-28(24,25-7-3)26-8-4/h13-16,23H,5-12H2,1-4H3. The van der Waals surface area contributed by atoms with Crippen LogP contribution in [0.15, 0.2) is 24.3 Å². The first-order valence-electron chi connectivity index (χ1n) is 10.3. The van der Waals surface area contributed by atoms with Crippen molar-refractivity contribution in [3.8, 4) is 11.5 Å². The molecule has 0 spiro atoms. The zero-order valence-corrected chi connectivity index (χ0v) is 18.4. The van der Waals surface area contributed by atoms with Gasteiger partial charge in [-0.2, -0.15) is 0 Å². The molecule has 0 aliphatic heterocycles. The van der Waals surface area contributed by atoms with Gasteiger partial charge in [0, 0.05) is 10.8 Å². The Kier molecular flexibility index (Phi) is 8.81. The van der Waals surface area contributed by atoms with Gasteiger partial charge in [-0.1, -0.05) is 38.8 Å². The highest BCUT2D eigenvalue weighted by Crippen LogP contribution is 2.52. The van der Waals surface area contributed by atoms with Crippen molar-refractivity contribution >= 4 is 18.6 Å². The van der Waals surface area contributed by atoms with Crippen LogP contribution in [0.5, 0.6) is 11.5 Å². The molecular formula is C22H33O5P. The third kappa shape index (κ3) is 5.73. The molecule has 0 saturated carbocycles. The maximum absolute atomic E-state index is 13.0. The van der Waals surface area contributed by atoms with Crippen molar-refractivity contribution in [3.05, 3.63) is 35.4 Å². The lowest BCUT2D eigenvalue weighted by atomic mass is 9.97. The molecule has 2 aromatic rings. The number of phosphoric acid groups is 1. The van der Waals surface area contributed by atoms with E-state index in [2.05, 4.69) is 13.8 Å². The average Bonchev–Trinajstić information content (AvgIpc) is 2.67. The Morgan fingerprint density at radius 1 is 0.893 bits per heavy atom. The van der Waals surface area contributed by atoms with Crippen LogP contribution in [-0.4, -0.2) is 18.3 Å². The van der Waals surface area contributed by atoms with E-state index in [9.17, 15) is 9.67 Å². The molecule has 0 unspecified atom stereocenters. The van der Waals surface area contributed by atoms with Crippen molar-refractivity contribution < 1.29 is 23.2 Å². The number of benzene rings is 2. The monoisotopic (exact) mass is 408 g/mol. The van der Waals surface area contributed by atoms with Crippen LogP contribution in [0.4, 0.5) is 0 Å². The van der Waals surface area contributed by atoms with E-state index in [1.165, 1.54) is 0 Å². The quantitative estimate of drug-likeness (QED) is 0.392. The molecule has 1 N–H and O–H groups in total. The van der Waals surface area contributed by atoms with Gasteiger partial charge < -0.3 is 9.63 Å². The topological polar surface area (TPSA) is 65.0 Å². The SMILES string of the molecule is CCCCc1ccc2c(OP(=O)(OCC)OCC)c(CCCC)cc(O)c2c1. The number of aryl methyl sites for hydroxylation is 2. The van der Waals surface area contributed by atoms with Crippen molar-refractivity contribution in [1.82, 2.24) is 0 Å². The van der Waals surface area contributed by atoms with Gasteiger partial charge in [0.1, 0.15) is 11.5 Å². The highest BCUT2D eigenvalue weighted by molar-refractivity contribution is 7.48. The minimum absolute atomic E-state index is 0.217. The van der Waals surface area contributed by atoms with Gasteiger partial charge in [-0.25, -0.2) is 4.57 Å². The molecule has 0 amide bonds. The van der Waals surface area contributed by atoms with Crippen LogP contribution in [0.3, 0.4) is 0 Å². The van der Waals surface area contributed by atoms with Crippen LogP contribution in [0, 0.1) is 0 Å². The summed E-state index contributed by atoms with van der Waals surface area (Å²) in [6.45, 7) is 8.21. The normalized spacial score (nSPS) is 11.9. The number of phenols is 1. The van der Waals surface area contributed by atoms with Gasteiger partial charge in [0.2, 0.25) is 0 Å². The van der Waals surface area contributed by atoms with Gasteiger partial charge >= 0.3 is 7.82 Å². The molecular weight excluding hydrogens is 375 g/mol. The van der Waals surface area contributed by atoms with E-state index in [1.54, 1.807) is 19.9 Å². The zero-order chi connectivity index (χ0) is 20.6. The Morgan fingerprint density at radius 2 is 1.54 bits per heavy atom. The van der Waals surface area contributed by atoms with Crippen molar-refractivity contribution in [3.63, 3.8) is 0 Å². The molecule has 0 heterocycles. The van der Waals surface area contributed by atoms with E-state index in [4.69, 9.17) is 13.6 Å². The predicted octanol–water partition coefficient (Wildman–Crippen LogP) is 6.79. The summed E-state index contributed by atoms with van der Waals surface area (Å²) in [5.74, 6) is 0.697. The van der Waals surface area contributed by atoms with Crippen LogP contribution in [0.1, 0.15) is 64.5 Å². The van der Waals surface area contributed by atoms with Gasteiger partial charge in [0.15, 0.2) is 0 Å². The molecule has 0 fully saturated rings. The van der Waals surface area contributed by atoms with Gasteiger partial charge in [0.25, 0.3) is 0 Å². The molecule has 0 aliphatic rings. The summed E-state index contributed by atoms with van der Waals surface area (Å²) in [6, 6.07) is 7.69. The maximum atomic E-state index is 13.0. The van der Waals surface area contributed by atoms with Crippen LogP contribution in [0.25, 0.3) is 10.8 Å². The van der Waals surface area contributed by atoms with E-state index < -0.39 is 7.82 Å². The van der Waals surface area contributed by atoms with Crippen LogP contribution in [-0.2, 0) is 26.5 Å². The molecule has 2 rings (SSSR count). The number of hydrogen-bond acceptors (Lipinski definition) is 5. The average molecular weight is 408 g/mol. The van der Waals surface area contributed by atoms with Crippen LogP contribution in [0.2, 0.25) is 0 Å². The summed E-state index contributed by atoms with van der Waals surface area (Å²) in [5, 5.41) is 12.1. The van der Waals surface area contributed by atoms with E-state index >= 15 is 0 Å². The molecule has 5 nitrogen and oxygen atoms in total. The Morgan fingerprint density at radius 3 is 2.14 bits per heavy atom. The molecule has 0 atom stereocenters. The summed E-state index contributed by atoms with van der Waals surface area (Å²) < 4.78 is 29.6. The predicted molar refractivity (Wildman–Crippen MR) is 114 cm³/mol. The van der Waals surface area contributed by atoms with Crippen molar-refractivity contribution in [2.75, 3.05) is 13.2 Å². The fourth-order valence-corrected chi connectivity index (χ4v) is 4.45. The van der Waals surface area contributed by atoms with Crippen LogP contribution >= 0.6 is 7.82 Å². The first-order chi connectivity index (χ1) is 13.5. The first-order valence-corrected chi connectivity index (χ1v) is 11.8. The van der Waals surface area contributed by atoms with Gasteiger partial charge in [0.05, 0.1) is 13.2 Å². The number of fused-ring (bicyclic) bond motifs is 1. The molecule has 156 valence electrons. The molecule has 28 heavy (non-hydrogen) atoms. The maximum Gasteiger partial charge on any atom is 0.530 e. The molecule has 0 saturated heterocycles. The smallest absolute Gasteiger partial charge is 0.507 e. The summed E-state index contributed by atoms with van der Waals surface area (Å²) >= 11 is 0. The lowest BCUT2D eigenvalue weighted by Crippen LogP contribution is -2.05. The number of aromatic hydroxyl groups is 1. The van der Waals surface area contributed by atoms with Gasteiger partial charge in [-0.3, -0.25) is 9.05 Å². The van der Waals surface area contributed by atoms with E-state index in [1.807, 2.05) is 18.2 Å².